The molecule has 1 heterocycles. The summed E-state index contributed by atoms with van der Waals surface area (Å²) < 4.78 is 26.9. The van der Waals surface area contributed by atoms with Crippen LogP contribution >= 0.6 is 0 Å². The van der Waals surface area contributed by atoms with Crippen LogP contribution in [0.25, 0.3) is 0 Å². The summed E-state index contributed by atoms with van der Waals surface area (Å²) in [6, 6.07) is 13.5. The average Bonchev–Trinajstić information content (AvgIpc) is 2.48. The van der Waals surface area contributed by atoms with E-state index in [9.17, 15) is 8.42 Å². The average molecular weight is 301 g/mol. The molecule has 6 heteroatoms. The van der Waals surface area contributed by atoms with Crippen molar-refractivity contribution < 1.29 is 8.42 Å². The van der Waals surface area contributed by atoms with Crippen molar-refractivity contribution >= 4 is 10.0 Å². The Hall–Kier alpha value is -2.23. The molecule has 0 aliphatic carbocycles. The highest BCUT2D eigenvalue weighted by Crippen LogP contribution is 2.13. The molecular weight excluding hydrogens is 286 g/mol. The Morgan fingerprint density at radius 2 is 1.95 bits per heavy atom. The maximum absolute atomic E-state index is 12.1. The van der Waals surface area contributed by atoms with Crippen molar-refractivity contribution in [3.63, 3.8) is 0 Å². The van der Waals surface area contributed by atoms with Gasteiger partial charge in [-0.3, -0.25) is 4.98 Å². The first kappa shape index (κ1) is 15.2. The molecule has 0 bridgehead atoms. The quantitative estimate of drug-likeness (QED) is 0.917. The zero-order chi connectivity index (χ0) is 15.3. The lowest BCUT2D eigenvalue weighted by atomic mass is 10.2. The number of nitrogens with zero attached hydrogens (tertiary/aromatic N) is 2. The Balaban J connectivity index is 2.06. The van der Waals surface area contributed by atoms with Crippen molar-refractivity contribution in [3.05, 3.63) is 65.5 Å². The Labute approximate surface area is 124 Å². The van der Waals surface area contributed by atoms with Gasteiger partial charge in [0.2, 0.25) is 10.0 Å². The topological polar surface area (TPSA) is 82.9 Å². The first-order chi connectivity index (χ1) is 10.00. The predicted octanol–water partition coefficient (Wildman–Crippen LogP) is 2.13. The number of aromatic nitrogens is 1. The molecule has 1 unspecified atom stereocenters. The molecule has 0 amide bonds. The van der Waals surface area contributed by atoms with Crippen molar-refractivity contribution in [2.45, 2.75) is 18.7 Å². The normalized spacial score (nSPS) is 12.6. The number of nitrogens with one attached hydrogen (secondary N) is 1. The van der Waals surface area contributed by atoms with E-state index in [1.165, 1.54) is 0 Å². The minimum Gasteiger partial charge on any atom is -0.260 e. The van der Waals surface area contributed by atoms with Crippen LogP contribution in [0.3, 0.4) is 0 Å². The molecule has 0 saturated heterocycles. The number of sulfonamides is 1. The van der Waals surface area contributed by atoms with Crippen molar-refractivity contribution in [1.29, 1.82) is 5.26 Å². The number of benzene rings is 1. The molecule has 0 spiro atoms. The fourth-order valence-corrected chi connectivity index (χ4v) is 3.27. The summed E-state index contributed by atoms with van der Waals surface area (Å²) >= 11 is 0. The van der Waals surface area contributed by atoms with E-state index in [0.717, 1.165) is 0 Å². The highest BCUT2D eigenvalue weighted by Gasteiger charge is 2.17. The second-order valence-electron chi connectivity index (χ2n) is 4.66. The molecule has 0 radical (unpaired) electrons. The molecule has 0 fully saturated rings. The van der Waals surface area contributed by atoms with Crippen LogP contribution in [-0.2, 0) is 15.8 Å². The van der Waals surface area contributed by atoms with Crippen molar-refractivity contribution in [2.24, 2.45) is 0 Å². The largest absolute Gasteiger partial charge is 0.260 e. The van der Waals surface area contributed by atoms with E-state index in [-0.39, 0.29) is 5.75 Å². The third kappa shape index (κ3) is 4.38. The maximum Gasteiger partial charge on any atom is 0.216 e. The van der Waals surface area contributed by atoms with E-state index in [4.69, 9.17) is 5.26 Å². The predicted molar refractivity (Wildman–Crippen MR) is 79.6 cm³/mol. The molecule has 0 aliphatic heterocycles. The SMILES string of the molecule is CC(NS(=O)(=O)Cc1ccc(C#N)cc1)c1ccccn1. The zero-order valence-electron chi connectivity index (χ0n) is 11.5. The van der Waals surface area contributed by atoms with E-state index < -0.39 is 16.1 Å². The van der Waals surface area contributed by atoms with Crippen molar-refractivity contribution in [2.75, 3.05) is 0 Å². The molecule has 1 N–H and O–H groups in total. The molecule has 2 aromatic rings. The maximum atomic E-state index is 12.1. The monoisotopic (exact) mass is 301 g/mol. The molecule has 108 valence electrons. The molecule has 2 rings (SSSR count). The molecule has 1 aromatic heterocycles. The summed E-state index contributed by atoms with van der Waals surface area (Å²) in [5.74, 6) is -0.129. The summed E-state index contributed by atoms with van der Waals surface area (Å²) in [6.45, 7) is 1.75. The van der Waals surface area contributed by atoms with Crippen LogP contribution in [0.4, 0.5) is 0 Å². The van der Waals surface area contributed by atoms with Gasteiger partial charge in [0.15, 0.2) is 0 Å². The van der Waals surface area contributed by atoms with Crippen LogP contribution < -0.4 is 4.72 Å². The number of hydrogen-bond acceptors (Lipinski definition) is 4. The third-order valence-corrected chi connectivity index (χ3v) is 4.35. The van der Waals surface area contributed by atoms with Crippen LogP contribution in [-0.4, -0.2) is 13.4 Å². The van der Waals surface area contributed by atoms with Crippen molar-refractivity contribution in [3.8, 4) is 6.07 Å². The molecule has 1 atom stereocenters. The standard InChI is InChI=1S/C15H15N3O2S/c1-12(15-4-2-3-9-17-15)18-21(19,20)11-14-7-5-13(10-16)6-8-14/h2-9,12,18H,11H2,1H3. The molecular formula is C15H15N3O2S. The van der Waals surface area contributed by atoms with Gasteiger partial charge in [-0.15, -0.1) is 0 Å². The molecule has 0 aliphatic rings. The number of rotatable bonds is 5. The second kappa shape index (κ2) is 6.48. The lowest BCUT2D eigenvalue weighted by Crippen LogP contribution is -2.28. The van der Waals surface area contributed by atoms with Crippen LogP contribution in [0, 0.1) is 11.3 Å². The highest BCUT2D eigenvalue weighted by atomic mass is 32.2. The van der Waals surface area contributed by atoms with Crippen LogP contribution in [0.5, 0.6) is 0 Å². The Bertz CT molecular complexity index is 735. The summed E-state index contributed by atoms with van der Waals surface area (Å²) in [7, 11) is -3.47. The van der Waals surface area contributed by atoms with E-state index in [1.807, 2.05) is 12.1 Å². The van der Waals surface area contributed by atoms with Crippen molar-refractivity contribution in [1.82, 2.24) is 9.71 Å². The smallest absolute Gasteiger partial charge is 0.216 e. The first-order valence-electron chi connectivity index (χ1n) is 6.40. The van der Waals surface area contributed by atoms with Gasteiger partial charge in [0.25, 0.3) is 0 Å². The highest BCUT2D eigenvalue weighted by molar-refractivity contribution is 7.88. The number of hydrogen-bond donors (Lipinski definition) is 1. The second-order valence-corrected chi connectivity index (χ2v) is 6.42. The van der Waals surface area contributed by atoms with E-state index in [1.54, 1.807) is 49.5 Å². The fraction of sp³-hybridized carbons (Fsp3) is 0.200. The molecule has 1 aromatic carbocycles. The van der Waals surface area contributed by atoms with E-state index in [2.05, 4.69) is 9.71 Å². The van der Waals surface area contributed by atoms with E-state index >= 15 is 0 Å². The van der Waals surface area contributed by atoms with Gasteiger partial charge in [0.1, 0.15) is 0 Å². The third-order valence-electron chi connectivity index (χ3n) is 2.93. The Morgan fingerprint density at radius 3 is 2.52 bits per heavy atom. The van der Waals surface area contributed by atoms with E-state index in [0.29, 0.717) is 16.8 Å². The first-order valence-corrected chi connectivity index (χ1v) is 8.05. The lowest BCUT2D eigenvalue weighted by molar-refractivity contribution is 0.563. The van der Waals surface area contributed by atoms with Gasteiger partial charge in [-0.2, -0.15) is 5.26 Å². The summed E-state index contributed by atoms with van der Waals surface area (Å²) in [5, 5.41) is 8.72. The summed E-state index contributed by atoms with van der Waals surface area (Å²) in [6.07, 6.45) is 1.63. The Kier molecular flexibility index (Phi) is 4.68. The lowest BCUT2D eigenvalue weighted by Gasteiger charge is -2.13. The summed E-state index contributed by atoms with van der Waals surface area (Å²) in [4.78, 5) is 4.13. The molecule has 0 saturated carbocycles. The number of nitriles is 1. The zero-order valence-corrected chi connectivity index (χ0v) is 12.3. The molecule has 21 heavy (non-hydrogen) atoms. The number of pyridine rings is 1. The molecule has 5 nitrogen and oxygen atoms in total. The van der Waals surface area contributed by atoms with Gasteiger partial charge in [-0.05, 0) is 36.8 Å². The summed E-state index contributed by atoms with van der Waals surface area (Å²) in [5.41, 5.74) is 1.81. The van der Waals surface area contributed by atoms with Gasteiger partial charge < -0.3 is 0 Å². The van der Waals surface area contributed by atoms with Gasteiger partial charge in [-0.1, -0.05) is 18.2 Å². The minimum absolute atomic E-state index is 0.129. The minimum atomic E-state index is -3.47. The van der Waals surface area contributed by atoms with Gasteiger partial charge >= 0.3 is 0 Å². The van der Waals surface area contributed by atoms with Crippen LogP contribution in [0.15, 0.2) is 48.7 Å². The Morgan fingerprint density at radius 1 is 1.24 bits per heavy atom. The fourth-order valence-electron chi connectivity index (χ4n) is 1.90. The van der Waals surface area contributed by atoms with Gasteiger partial charge in [0.05, 0.1) is 29.1 Å². The van der Waals surface area contributed by atoms with Gasteiger partial charge in [-0.25, -0.2) is 13.1 Å². The van der Waals surface area contributed by atoms with Crippen LogP contribution in [0.2, 0.25) is 0 Å². The van der Waals surface area contributed by atoms with Gasteiger partial charge in [0, 0.05) is 6.20 Å². The van der Waals surface area contributed by atoms with Crippen LogP contribution in [0.1, 0.15) is 29.8 Å².